The number of pyridine rings is 1. The highest BCUT2D eigenvalue weighted by molar-refractivity contribution is 6.30. The van der Waals surface area contributed by atoms with Crippen LogP contribution in [0.15, 0.2) is 55.2 Å². The number of nitrogen functional groups attached to an aromatic ring is 1. The van der Waals surface area contributed by atoms with Gasteiger partial charge in [-0.05, 0) is 18.2 Å². The standard InChI is InChI=1S/C16H12ClN5O2/c17-10-1-2-21-15(3-10)16(23)22-12-4-11(18)5-13(6-12)24-14-7-19-9-20-8-14/h1-9H,18H2,(H,22,23). The fraction of sp³-hybridized carbons (Fsp3) is 0. The van der Waals surface area contributed by atoms with Crippen molar-refractivity contribution in [2.45, 2.75) is 0 Å². The molecule has 0 atom stereocenters. The molecular weight excluding hydrogens is 330 g/mol. The van der Waals surface area contributed by atoms with Crippen LogP contribution in [-0.4, -0.2) is 20.9 Å². The molecule has 3 rings (SSSR count). The van der Waals surface area contributed by atoms with E-state index in [1.54, 1.807) is 24.3 Å². The molecule has 0 aliphatic rings. The van der Waals surface area contributed by atoms with Gasteiger partial charge in [0.15, 0.2) is 5.75 Å². The molecule has 24 heavy (non-hydrogen) atoms. The Hall–Kier alpha value is -3.19. The topological polar surface area (TPSA) is 103 Å². The van der Waals surface area contributed by atoms with Crippen LogP contribution >= 0.6 is 11.6 Å². The van der Waals surface area contributed by atoms with E-state index in [2.05, 4.69) is 20.3 Å². The summed E-state index contributed by atoms with van der Waals surface area (Å²) < 4.78 is 5.61. The van der Waals surface area contributed by atoms with Gasteiger partial charge in [-0.25, -0.2) is 9.97 Å². The highest BCUT2D eigenvalue weighted by Gasteiger charge is 2.10. The van der Waals surface area contributed by atoms with E-state index < -0.39 is 5.91 Å². The molecule has 0 aliphatic carbocycles. The Labute approximate surface area is 142 Å². The molecule has 0 saturated heterocycles. The highest BCUT2D eigenvalue weighted by atomic mass is 35.5. The molecule has 0 aliphatic heterocycles. The lowest BCUT2D eigenvalue weighted by atomic mass is 10.2. The number of hydrogen-bond acceptors (Lipinski definition) is 6. The van der Waals surface area contributed by atoms with E-state index in [1.165, 1.54) is 31.0 Å². The number of carbonyl (C=O) groups is 1. The second-order valence-corrected chi connectivity index (χ2v) is 5.22. The molecule has 0 bridgehead atoms. The fourth-order valence-electron chi connectivity index (χ4n) is 1.95. The van der Waals surface area contributed by atoms with Crippen molar-refractivity contribution in [1.29, 1.82) is 0 Å². The average Bonchev–Trinajstić information content (AvgIpc) is 2.55. The molecule has 2 aromatic heterocycles. The lowest BCUT2D eigenvalue weighted by molar-refractivity contribution is 0.102. The van der Waals surface area contributed by atoms with Crippen molar-refractivity contribution in [3.8, 4) is 11.5 Å². The Kier molecular flexibility index (Phi) is 4.53. The Morgan fingerprint density at radius 3 is 2.67 bits per heavy atom. The normalized spacial score (nSPS) is 10.2. The minimum atomic E-state index is -0.405. The molecule has 8 heteroatoms. The first-order chi connectivity index (χ1) is 11.6. The quantitative estimate of drug-likeness (QED) is 0.706. The smallest absolute Gasteiger partial charge is 0.274 e. The molecule has 120 valence electrons. The van der Waals surface area contributed by atoms with Gasteiger partial charge in [-0.1, -0.05) is 11.6 Å². The number of carbonyl (C=O) groups excluding carboxylic acids is 1. The number of benzene rings is 1. The molecule has 0 fully saturated rings. The third-order valence-electron chi connectivity index (χ3n) is 2.91. The fourth-order valence-corrected chi connectivity index (χ4v) is 2.11. The molecule has 3 aromatic rings. The van der Waals surface area contributed by atoms with Crippen LogP contribution in [-0.2, 0) is 0 Å². The zero-order chi connectivity index (χ0) is 16.9. The predicted molar refractivity (Wildman–Crippen MR) is 90.2 cm³/mol. The lowest BCUT2D eigenvalue weighted by Crippen LogP contribution is -2.13. The number of ether oxygens (including phenoxy) is 1. The van der Waals surface area contributed by atoms with E-state index >= 15 is 0 Å². The van der Waals surface area contributed by atoms with Crippen LogP contribution < -0.4 is 15.8 Å². The van der Waals surface area contributed by atoms with Gasteiger partial charge < -0.3 is 15.8 Å². The van der Waals surface area contributed by atoms with Gasteiger partial charge in [0.1, 0.15) is 17.8 Å². The van der Waals surface area contributed by atoms with Gasteiger partial charge in [0.05, 0.1) is 12.4 Å². The number of amides is 1. The molecule has 0 unspecified atom stereocenters. The van der Waals surface area contributed by atoms with Crippen LogP contribution in [0.5, 0.6) is 11.5 Å². The number of nitrogens with two attached hydrogens (primary N) is 1. The molecule has 2 heterocycles. The van der Waals surface area contributed by atoms with Crippen molar-refractivity contribution in [3.63, 3.8) is 0 Å². The van der Waals surface area contributed by atoms with Crippen LogP contribution in [0, 0.1) is 0 Å². The van der Waals surface area contributed by atoms with E-state index in [1.807, 2.05) is 0 Å². The summed E-state index contributed by atoms with van der Waals surface area (Å²) >= 11 is 5.86. The molecule has 1 aromatic carbocycles. The number of aromatic nitrogens is 3. The first-order valence-electron chi connectivity index (χ1n) is 6.86. The third-order valence-corrected chi connectivity index (χ3v) is 3.15. The Balaban J connectivity index is 1.80. The molecule has 7 nitrogen and oxygen atoms in total. The predicted octanol–water partition coefficient (Wildman–Crippen LogP) is 3.15. The minimum Gasteiger partial charge on any atom is -0.454 e. The van der Waals surface area contributed by atoms with Crippen LogP contribution in [0.4, 0.5) is 11.4 Å². The second kappa shape index (κ2) is 6.93. The molecular formula is C16H12ClN5O2. The Morgan fingerprint density at radius 2 is 1.92 bits per heavy atom. The first kappa shape index (κ1) is 15.7. The van der Waals surface area contributed by atoms with Crippen molar-refractivity contribution in [3.05, 3.63) is 66.0 Å². The summed E-state index contributed by atoms with van der Waals surface area (Å²) in [5.74, 6) is 0.494. The van der Waals surface area contributed by atoms with Gasteiger partial charge in [-0.2, -0.15) is 0 Å². The van der Waals surface area contributed by atoms with Crippen molar-refractivity contribution in [1.82, 2.24) is 15.0 Å². The van der Waals surface area contributed by atoms with Gasteiger partial charge in [0, 0.05) is 34.7 Å². The van der Waals surface area contributed by atoms with Gasteiger partial charge in [-0.3, -0.25) is 9.78 Å². The first-order valence-corrected chi connectivity index (χ1v) is 7.24. The maximum Gasteiger partial charge on any atom is 0.274 e. The summed E-state index contributed by atoms with van der Waals surface area (Å²) in [6, 6.07) is 7.93. The number of rotatable bonds is 4. The third kappa shape index (κ3) is 3.96. The summed E-state index contributed by atoms with van der Waals surface area (Å²) in [7, 11) is 0. The van der Waals surface area contributed by atoms with E-state index in [9.17, 15) is 4.79 Å². The van der Waals surface area contributed by atoms with Gasteiger partial charge in [0.25, 0.3) is 5.91 Å². The summed E-state index contributed by atoms with van der Waals surface area (Å²) in [6.45, 7) is 0. The van der Waals surface area contributed by atoms with Gasteiger partial charge >= 0.3 is 0 Å². The largest absolute Gasteiger partial charge is 0.454 e. The maximum atomic E-state index is 12.2. The zero-order valence-corrected chi connectivity index (χ0v) is 13.1. The molecule has 1 amide bonds. The summed E-state index contributed by atoms with van der Waals surface area (Å²) in [6.07, 6.45) is 5.89. The van der Waals surface area contributed by atoms with Gasteiger partial charge in [0.2, 0.25) is 0 Å². The van der Waals surface area contributed by atoms with Crippen molar-refractivity contribution < 1.29 is 9.53 Å². The number of nitrogens with one attached hydrogen (secondary N) is 1. The molecule has 3 N–H and O–H groups in total. The molecule has 0 radical (unpaired) electrons. The van der Waals surface area contributed by atoms with Crippen molar-refractivity contribution in [2.24, 2.45) is 0 Å². The Morgan fingerprint density at radius 1 is 1.12 bits per heavy atom. The lowest BCUT2D eigenvalue weighted by Gasteiger charge is -2.10. The Bertz CT molecular complexity index is 873. The average molecular weight is 342 g/mol. The van der Waals surface area contributed by atoms with E-state index in [0.717, 1.165) is 0 Å². The SMILES string of the molecule is Nc1cc(NC(=O)c2cc(Cl)ccn2)cc(Oc2cncnc2)c1. The van der Waals surface area contributed by atoms with E-state index in [0.29, 0.717) is 27.9 Å². The van der Waals surface area contributed by atoms with Gasteiger partial charge in [-0.15, -0.1) is 0 Å². The van der Waals surface area contributed by atoms with Crippen LogP contribution in [0.2, 0.25) is 5.02 Å². The van der Waals surface area contributed by atoms with Crippen molar-refractivity contribution >= 4 is 28.9 Å². The number of hydrogen-bond donors (Lipinski definition) is 2. The van der Waals surface area contributed by atoms with E-state index in [-0.39, 0.29) is 5.69 Å². The number of halogens is 1. The summed E-state index contributed by atoms with van der Waals surface area (Å²) in [5.41, 5.74) is 6.95. The number of anilines is 2. The zero-order valence-electron chi connectivity index (χ0n) is 12.3. The van der Waals surface area contributed by atoms with Crippen LogP contribution in [0.3, 0.4) is 0 Å². The number of nitrogens with zero attached hydrogens (tertiary/aromatic N) is 3. The second-order valence-electron chi connectivity index (χ2n) is 4.78. The summed E-state index contributed by atoms with van der Waals surface area (Å²) in [4.78, 5) is 23.9. The maximum absolute atomic E-state index is 12.2. The van der Waals surface area contributed by atoms with E-state index in [4.69, 9.17) is 22.1 Å². The van der Waals surface area contributed by atoms with Crippen LogP contribution in [0.25, 0.3) is 0 Å². The highest BCUT2D eigenvalue weighted by Crippen LogP contribution is 2.27. The minimum absolute atomic E-state index is 0.198. The monoisotopic (exact) mass is 341 g/mol. The van der Waals surface area contributed by atoms with Crippen LogP contribution in [0.1, 0.15) is 10.5 Å². The summed E-state index contributed by atoms with van der Waals surface area (Å²) in [5, 5.41) is 3.13. The van der Waals surface area contributed by atoms with Crippen molar-refractivity contribution in [2.75, 3.05) is 11.1 Å². The molecule has 0 spiro atoms. The molecule has 0 saturated carbocycles.